The van der Waals surface area contributed by atoms with Gasteiger partial charge in [-0.1, -0.05) is 6.07 Å². The lowest BCUT2D eigenvalue weighted by atomic mass is 10.0. The minimum atomic E-state index is -1.80. The monoisotopic (exact) mass is 336 g/mol. The van der Waals surface area contributed by atoms with E-state index in [2.05, 4.69) is 10.6 Å². The molecule has 0 spiro atoms. The van der Waals surface area contributed by atoms with E-state index in [9.17, 15) is 9.18 Å². The average Bonchev–Trinajstić information content (AvgIpc) is 3.26. The van der Waals surface area contributed by atoms with Gasteiger partial charge in [0.2, 0.25) is 5.67 Å². The smallest absolute Gasteiger partial charge is 0.259 e. The van der Waals surface area contributed by atoms with Crippen molar-refractivity contribution in [1.29, 1.82) is 0 Å². The van der Waals surface area contributed by atoms with Crippen LogP contribution in [0, 0.1) is 0 Å². The fourth-order valence-corrected chi connectivity index (χ4v) is 3.30. The number of methoxy groups -OCH3 is 1. The molecule has 5 nitrogen and oxygen atoms in total. The van der Waals surface area contributed by atoms with Crippen LogP contribution in [0.4, 0.5) is 4.39 Å². The molecule has 1 aliphatic heterocycles. The van der Waals surface area contributed by atoms with E-state index in [4.69, 9.17) is 9.47 Å². The maximum atomic E-state index is 14.3. The first-order valence-electron chi connectivity index (χ1n) is 8.62. The molecule has 2 N–H and O–H groups in total. The van der Waals surface area contributed by atoms with Crippen LogP contribution in [0.3, 0.4) is 0 Å². The van der Waals surface area contributed by atoms with Gasteiger partial charge in [-0.25, -0.2) is 4.39 Å². The Morgan fingerprint density at radius 1 is 1.38 bits per heavy atom. The van der Waals surface area contributed by atoms with Crippen molar-refractivity contribution >= 4 is 5.91 Å². The first-order chi connectivity index (χ1) is 11.6. The lowest BCUT2D eigenvalue weighted by molar-refractivity contribution is -0.131. The highest BCUT2D eigenvalue weighted by Crippen LogP contribution is 2.32. The minimum Gasteiger partial charge on any atom is -0.493 e. The fraction of sp³-hybridized carbons (Fsp3) is 0.611. The number of hydrogen-bond acceptors (Lipinski definition) is 4. The number of carbonyl (C=O) groups is 1. The minimum absolute atomic E-state index is 0.0797. The van der Waals surface area contributed by atoms with Gasteiger partial charge in [0.25, 0.3) is 5.91 Å². The molecule has 2 aliphatic rings. The molecular formula is C18H25FN2O3. The number of halogens is 1. The molecule has 24 heavy (non-hydrogen) atoms. The molecule has 1 aromatic carbocycles. The third-order valence-electron chi connectivity index (χ3n) is 4.79. The van der Waals surface area contributed by atoms with Gasteiger partial charge in [0.1, 0.15) is 0 Å². The number of amides is 1. The van der Waals surface area contributed by atoms with E-state index in [0.717, 1.165) is 24.2 Å². The summed E-state index contributed by atoms with van der Waals surface area (Å²) in [5.41, 5.74) is -0.941. The summed E-state index contributed by atoms with van der Waals surface area (Å²) in [4.78, 5) is 12.0. The van der Waals surface area contributed by atoms with Crippen molar-refractivity contribution in [3.63, 3.8) is 0 Å². The van der Waals surface area contributed by atoms with E-state index >= 15 is 0 Å². The molecule has 1 aromatic rings. The Morgan fingerprint density at radius 3 is 2.83 bits per heavy atom. The van der Waals surface area contributed by atoms with Crippen LogP contribution in [0.2, 0.25) is 0 Å². The largest absolute Gasteiger partial charge is 0.493 e. The molecule has 1 atom stereocenters. The molecule has 3 rings (SSSR count). The van der Waals surface area contributed by atoms with Crippen molar-refractivity contribution in [2.75, 3.05) is 20.2 Å². The van der Waals surface area contributed by atoms with Crippen LogP contribution in [0.1, 0.15) is 37.7 Å². The molecule has 0 aromatic heterocycles. The predicted molar refractivity (Wildman–Crippen MR) is 89.1 cm³/mol. The second-order valence-corrected chi connectivity index (χ2v) is 6.58. The van der Waals surface area contributed by atoms with Crippen LogP contribution < -0.4 is 20.1 Å². The van der Waals surface area contributed by atoms with E-state index in [-0.39, 0.29) is 25.6 Å². The standard InChI is InChI=1S/C18H25FN2O3/c1-23-16-10-13(6-7-15(16)24-14-4-2-3-5-14)11-21-17(22)18(19)8-9-20-12-18/h6-7,10,14,20H,2-5,8-9,11-12H2,1H3,(H,21,22)/t18-/m0/s1. The van der Waals surface area contributed by atoms with Crippen LogP contribution in [0.5, 0.6) is 11.5 Å². The topological polar surface area (TPSA) is 59.6 Å². The summed E-state index contributed by atoms with van der Waals surface area (Å²) >= 11 is 0. The molecule has 2 fully saturated rings. The second-order valence-electron chi connectivity index (χ2n) is 6.58. The molecule has 0 bridgehead atoms. The van der Waals surface area contributed by atoms with E-state index in [1.165, 1.54) is 12.8 Å². The lowest BCUT2D eigenvalue weighted by Gasteiger charge is -2.19. The lowest BCUT2D eigenvalue weighted by Crippen LogP contribution is -2.44. The molecule has 0 radical (unpaired) electrons. The van der Waals surface area contributed by atoms with Gasteiger partial charge in [0.05, 0.1) is 13.2 Å². The van der Waals surface area contributed by atoms with Gasteiger partial charge in [-0.05, 0) is 49.9 Å². The van der Waals surface area contributed by atoms with Gasteiger partial charge in [-0.3, -0.25) is 4.79 Å². The highest BCUT2D eigenvalue weighted by molar-refractivity contribution is 5.85. The molecule has 1 saturated heterocycles. The average molecular weight is 336 g/mol. The van der Waals surface area contributed by atoms with Crippen molar-refractivity contribution in [3.8, 4) is 11.5 Å². The summed E-state index contributed by atoms with van der Waals surface area (Å²) in [5.74, 6) is 0.810. The number of hydrogen-bond donors (Lipinski definition) is 2. The number of nitrogens with one attached hydrogen (secondary N) is 2. The fourth-order valence-electron chi connectivity index (χ4n) is 3.30. The summed E-state index contributed by atoms with van der Waals surface area (Å²) in [5, 5.41) is 5.55. The van der Waals surface area contributed by atoms with Gasteiger partial charge in [-0.2, -0.15) is 0 Å². The molecular weight excluding hydrogens is 311 g/mol. The Labute approximate surface area is 141 Å². The van der Waals surface area contributed by atoms with Gasteiger partial charge in [0.15, 0.2) is 11.5 Å². The van der Waals surface area contributed by atoms with Crippen LogP contribution >= 0.6 is 0 Å². The van der Waals surface area contributed by atoms with Gasteiger partial charge < -0.3 is 20.1 Å². The van der Waals surface area contributed by atoms with Crippen LogP contribution in [0.25, 0.3) is 0 Å². The molecule has 0 unspecified atom stereocenters. The molecule has 1 saturated carbocycles. The maximum Gasteiger partial charge on any atom is 0.259 e. The van der Waals surface area contributed by atoms with Crippen LogP contribution in [-0.4, -0.2) is 37.9 Å². The highest BCUT2D eigenvalue weighted by atomic mass is 19.1. The molecule has 1 amide bonds. The number of alkyl halides is 1. The first-order valence-corrected chi connectivity index (χ1v) is 8.62. The van der Waals surface area contributed by atoms with E-state index in [0.29, 0.717) is 12.3 Å². The molecule has 1 heterocycles. The van der Waals surface area contributed by atoms with Gasteiger partial charge >= 0.3 is 0 Å². The Bertz CT molecular complexity index is 582. The third-order valence-corrected chi connectivity index (χ3v) is 4.79. The SMILES string of the molecule is COc1cc(CNC(=O)[C@]2(F)CCNC2)ccc1OC1CCCC1. The molecule has 132 valence electrons. The zero-order valence-corrected chi connectivity index (χ0v) is 14.1. The predicted octanol–water partition coefficient (Wildman–Crippen LogP) is 2.33. The van der Waals surface area contributed by atoms with Crippen molar-refractivity contribution < 1.29 is 18.7 Å². The summed E-state index contributed by atoms with van der Waals surface area (Å²) in [7, 11) is 1.60. The van der Waals surface area contributed by atoms with Crippen molar-refractivity contribution in [1.82, 2.24) is 10.6 Å². The Morgan fingerprint density at radius 2 is 2.17 bits per heavy atom. The number of rotatable bonds is 6. The second kappa shape index (κ2) is 7.38. The van der Waals surface area contributed by atoms with Crippen molar-refractivity contribution in [2.24, 2.45) is 0 Å². The van der Waals surface area contributed by atoms with Crippen molar-refractivity contribution in [3.05, 3.63) is 23.8 Å². The normalized spacial score (nSPS) is 24.1. The third kappa shape index (κ3) is 3.80. The summed E-state index contributed by atoms with van der Waals surface area (Å²) < 4.78 is 25.7. The van der Waals surface area contributed by atoms with E-state index < -0.39 is 11.6 Å². The number of ether oxygens (including phenoxy) is 2. The van der Waals surface area contributed by atoms with E-state index in [1.54, 1.807) is 7.11 Å². The zero-order chi connectivity index (χ0) is 17.0. The number of benzene rings is 1. The molecule has 6 heteroatoms. The van der Waals surface area contributed by atoms with Gasteiger partial charge in [0, 0.05) is 19.5 Å². The maximum absolute atomic E-state index is 14.3. The summed E-state index contributed by atoms with van der Waals surface area (Å²) in [6.07, 6.45) is 5.04. The Kier molecular flexibility index (Phi) is 5.23. The Hall–Kier alpha value is -1.82. The van der Waals surface area contributed by atoms with Crippen LogP contribution in [-0.2, 0) is 11.3 Å². The van der Waals surface area contributed by atoms with Crippen molar-refractivity contribution in [2.45, 2.75) is 50.4 Å². The molecule has 1 aliphatic carbocycles. The summed E-state index contributed by atoms with van der Waals surface area (Å²) in [6, 6.07) is 5.58. The first kappa shape index (κ1) is 17.0. The zero-order valence-electron chi connectivity index (χ0n) is 14.1. The highest BCUT2D eigenvalue weighted by Gasteiger charge is 2.41. The van der Waals surface area contributed by atoms with Crippen LogP contribution in [0.15, 0.2) is 18.2 Å². The quantitative estimate of drug-likeness (QED) is 0.837. The summed E-state index contributed by atoms with van der Waals surface area (Å²) in [6.45, 7) is 0.881. The Balaban J connectivity index is 1.60. The number of carbonyl (C=O) groups excluding carboxylic acids is 1. The van der Waals surface area contributed by atoms with E-state index in [1.807, 2.05) is 18.2 Å². The van der Waals surface area contributed by atoms with Gasteiger partial charge in [-0.15, -0.1) is 0 Å².